The Bertz CT molecular complexity index is 825. The largest absolute Gasteiger partial charge is 0.387 e. The zero-order valence-corrected chi connectivity index (χ0v) is 15.4. The highest BCUT2D eigenvalue weighted by Crippen LogP contribution is 2.17. The number of rotatable bonds is 5. The highest BCUT2D eigenvalue weighted by Gasteiger charge is 2.24. The van der Waals surface area contributed by atoms with E-state index < -0.39 is 11.7 Å². The lowest BCUT2D eigenvalue weighted by molar-refractivity contribution is 0.0631. The molecule has 0 bridgehead atoms. The van der Waals surface area contributed by atoms with Gasteiger partial charge in [0.25, 0.3) is 11.5 Å². The Kier molecular flexibility index (Phi) is 5.74. The molecule has 1 unspecified atom stereocenters. The van der Waals surface area contributed by atoms with Gasteiger partial charge < -0.3 is 10.0 Å². The van der Waals surface area contributed by atoms with E-state index in [9.17, 15) is 14.7 Å². The molecular formula is C19H25N3O3. The first-order chi connectivity index (χ1) is 11.8. The second-order valence-corrected chi connectivity index (χ2v) is 6.28. The van der Waals surface area contributed by atoms with Crippen LogP contribution in [-0.2, 0) is 7.05 Å². The maximum atomic E-state index is 12.9. The summed E-state index contributed by atoms with van der Waals surface area (Å²) < 4.78 is 1.18. The first-order valence-corrected chi connectivity index (χ1v) is 8.34. The van der Waals surface area contributed by atoms with Gasteiger partial charge in [-0.1, -0.05) is 29.8 Å². The van der Waals surface area contributed by atoms with Crippen molar-refractivity contribution in [3.8, 4) is 0 Å². The van der Waals surface area contributed by atoms with E-state index in [0.717, 1.165) is 11.1 Å². The average Bonchev–Trinajstić information content (AvgIpc) is 2.58. The molecule has 2 rings (SSSR count). The van der Waals surface area contributed by atoms with E-state index in [4.69, 9.17) is 0 Å². The molecular weight excluding hydrogens is 318 g/mol. The number of aliphatic hydroxyl groups excluding tert-OH is 1. The van der Waals surface area contributed by atoms with Crippen LogP contribution in [0.15, 0.2) is 29.1 Å². The minimum Gasteiger partial charge on any atom is -0.387 e. The topological polar surface area (TPSA) is 75.4 Å². The summed E-state index contributed by atoms with van der Waals surface area (Å²) in [5.41, 5.74) is 2.76. The predicted octanol–water partition coefficient (Wildman–Crippen LogP) is 1.90. The van der Waals surface area contributed by atoms with Crippen molar-refractivity contribution in [1.29, 1.82) is 0 Å². The van der Waals surface area contributed by atoms with Gasteiger partial charge in [-0.3, -0.25) is 9.59 Å². The number of likely N-dealkylation sites (N-methyl/N-ethyl adjacent to an activating group) is 1. The minimum atomic E-state index is -0.809. The van der Waals surface area contributed by atoms with E-state index >= 15 is 0 Å². The molecule has 0 saturated heterocycles. The summed E-state index contributed by atoms with van der Waals surface area (Å²) in [6.45, 7) is 7.81. The number of hydrogen-bond donors (Lipinski definition) is 1. The maximum absolute atomic E-state index is 12.9. The predicted molar refractivity (Wildman–Crippen MR) is 96.7 cm³/mol. The smallest absolute Gasteiger partial charge is 0.279 e. The van der Waals surface area contributed by atoms with Crippen molar-refractivity contribution in [3.05, 3.63) is 62.6 Å². The maximum Gasteiger partial charge on any atom is 0.279 e. The Morgan fingerprint density at radius 1 is 1.24 bits per heavy atom. The van der Waals surface area contributed by atoms with Gasteiger partial charge in [0, 0.05) is 13.6 Å². The summed E-state index contributed by atoms with van der Waals surface area (Å²) in [5.74, 6) is -0.378. The van der Waals surface area contributed by atoms with Gasteiger partial charge in [-0.25, -0.2) is 4.68 Å². The molecule has 0 saturated carbocycles. The normalized spacial score (nSPS) is 12.1. The fourth-order valence-corrected chi connectivity index (χ4v) is 2.72. The molecule has 1 aromatic heterocycles. The summed E-state index contributed by atoms with van der Waals surface area (Å²) in [6.07, 6.45) is -0.809. The van der Waals surface area contributed by atoms with E-state index in [1.54, 1.807) is 13.8 Å². The number of carbonyl (C=O) groups excluding carboxylic acids is 1. The average molecular weight is 343 g/mol. The standard InChI is InChI=1S/C19H25N3O3/c1-6-22(11-16(23)15-9-7-12(2)8-10-15)19(25)17-13(3)14(4)20-21(5)18(17)24/h7-10,16,23H,6,11H2,1-5H3. The molecule has 0 aliphatic rings. The second-order valence-electron chi connectivity index (χ2n) is 6.28. The number of hydrogen-bond acceptors (Lipinski definition) is 4. The summed E-state index contributed by atoms with van der Waals surface area (Å²) in [7, 11) is 1.53. The van der Waals surface area contributed by atoms with Crippen molar-refractivity contribution in [3.63, 3.8) is 0 Å². The summed E-state index contributed by atoms with van der Waals surface area (Å²) in [5, 5.41) is 14.6. The lowest BCUT2D eigenvalue weighted by Gasteiger charge is -2.25. The summed E-state index contributed by atoms with van der Waals surface area (Å²) in [6, 6.07) is 7.53. The molecule has 0 aliphatic heterocycles. The van der Waals surface area contributed by atoms with Crippen LogP contribution in [0.2, 0.25) is 0 Å². The monoisotopic (exact) mass is 343 g/mol. The third-order valence-electron chi connectivity index (χ3n) is 4.46. The second kappa shape index (κ2) is 7.61. The van der Waals surface area contributed by atoms with Crippen LogP contribution in [0.5, 0.6) is 0 Å². The molecule has 0 aliphatic carbocycles. The highest BCUT2D eigenvalue weighted by atomic mass is 16.3. The van der Waals surface area contributed by atoms with Crippen LogP contribution in [0.3, 0.4) is 0 Å². The number of aliphatic hydroxyl groups is 1. The van der Waals surface area contributed by atoms with Crippen LogP contribution in [0, 0.1) is 20.8 Å². The van der Waals surface area contributed by atoms with E-state index in [1.807, 2.05) is 38.1 Å². The number of aromatic nitrogens is 2. The van der Waals surface area contributed by atoms with E-state index in [-0.39, 0.29) is 18.0 Å². The lowest BCUT2D eigenvalue weighted by Crippen LogP contribution is -2.40. The molecule has 1 heterocycles. The molecule has 1 amide bonds. The number of aryl methyl sites for hydroxylation is 3. The molecule has 0 radical (unpaired) electrons. The third kappa shape index (κ3) is 3.96. The zero-order valence-electron chi connectivity index (χ0n) is 15.4. The van der Waals surface area contributed by atoms with Gasteiger partial charge in [-0.05, 0) is 38.8 Å². The molecule has 2 aromatic rings. The van der Waals surface area contributed by atoms with E-state index in [0.29, 0.717) is 17.8 Å². The van der Waals surface area contributed by atoms with Gasteiger partial charge in [0.05, 0.1) is 18.3 Å². The molecule has 1 atom stereocenters. The fourth-order valence-electron chi connectivity index (χ4n) is 2.72. The molecule has 6 nitrogen and oxygen atoms in total. The van der Waals surface area contributed by atoms with Gasteiger partial charge in [-0.15, -0.1) is 0 Å². The Morgan fingerprint density at radius 2 is 1.84 bits per heavy atom. The minimum absolute atomic E-state index is 0.118. The van der Waals surface area contributed by atoms with Crippen LogP contribution in [-0.4, -0.2) is 38.8 Å². The number of benzene rings is 1. The molecule has 25 heavy (non-hydrogen) atoms. The van der Waals surface area contributed by atoms with Crippen LogP contribution in [0.4, 0.5) is 0 Å². The van der Waals surface area contributed by atoms with Crippen LogP contribution >= 0.6 is 0 Å². The van der Waals surface area contributed by atoms with Crippen LogP contribution in [0.1, 0.15) is 45.8 Å². The van der Waals surface area contributed by atoms with Crippen molar-refractivity contribution < 1.29 is 9.90 Å². The SMILES string of the molecule is CCN(CC(O)c1ccc(C)cc1)C(=O)c1c(C)c(C)nn(C)c1=O. The number of carbonyl (C=O) groups is 1. The molecule has 1 aromatic carbocycles. The van der Waals surface area contributed by atoms with Gasteiger partial charge in [0.15, 0.2) is 0 Å². The van der Waals surface area contributed by atoms with Crippen molar-refractivity contribution in [2.24, 2.45) is 7.05 Å². The van der Waals surface area contributed by atoms with Crippen molar-refractivity contribution in [2.45, 2.75) is 33.8 Å². The molecule has 1 N–H and O–H groups in total. The van der Waals surface area contributed by atoms with Crippen LogP contribution < -0.4 is 5.56 Å². The first kappa shape index (κ1) is 18.9. The fraction of sp³-hybridized carbons (Fsp3) is 0.421. The highest BCUT2D eigenvalue weighted by molar-refractivity contribution is 5.95. The molecule has 0 fully saturated rings. The zero-order chi connectivity index (χ0) is 18.7. The lowest BCUT2D eigenvalue weighted by atomic mass is 10.1. The quantitative estimate of drug-likeness (QED) is 0.900. The Morgan fingerprint density at radius 3 is 2.40 bits per heavy atom. The Hall–Kier alpha value is -2.47. The molecule has 0 spiro atoms. The summed E-state index contributed by atoms with van der Waals surface area (Å²) >= 11 is 0. The van der Waals surface area contributed by atoms with Crippen molar-refractivity contribution >= 4 is 5.91 Å². The van der Waals surface area contributed by atoms with E-state index in [2.05, 4.69) is 5.10 Å². The first-order valence-electron chi connectivity index (χ1n) is 8.34. The molecule has 6 heteroatoms. The van der Waals surface area contributed by atoms with Gasteiger partial charge in [-0.2, -0.15) is 5.10 Å². The van der Waals surface area contributed by atoms with Gasteiger partial charge >= 0.3 is 0 Å². The summed E-state index contributed by atoms with van der Waals surface area (Å²) in [4.78, 5) is 26.8. The molecule has 134 valence electrons. The Balaban J connectivity index is 2.31. The van der Waals surface area contributed by atoms with Gasteiger partial charge in [0.1, 0.15) is 5.56 Å². The van der Waals surface area contributed by atoms with Crippen molar-refractivity contribution in [2.75, 3.05) is 13.1 Å². The van der Waals surface area contributed by atoms with Gasteiger partial charge in [0.2, 0.25) is 0 Å². The van der Waals surface area contributed by atoms with E-state index in [1.165, 1.54) is 16.6 Å². The Labute approximate surface area is 147 Å². The van der Waals surface area contributed by atoms with Crippen LogP contribution in [0.25, 0.3) is 0 Å². The number of nitrogens with zero attached hydrogens (tertiary/aromatic N) is 3. The third-order valence-corrected chi connectivity index (χ3v) is 4.46. The van der Waals surface area contributed by atoms with Crippen molar-refractivity contribution in [1.82, 2.24) is 14.7 Å². The number of amides is 1.